The Hall–Kier alpha value is -0.550. The summed E-state index contributed by atoms with van der Waals surface area (Å²) >= 11 is 2.15. The van der Waals surface area contributed by atoms with Gasteiger partial charge in [-0.05, 0) is 25.8 Å². The highest BCUT2D eigenvalue weighted by Crippen LogP contribution is 2.29. The lowest BCUT2D eigenvalue weighted by molar-refractivity contribution is 0.512. The van der Waals surface area contributed by atoms with Crippen molar-refractivity contribution in [2.45, 2.75) is 70.2 Å². The maximum atomic E-state index is 4.44. The average Bonchev–Trinajstić information content (AvgIpc) is 3.09. The molecule has 1 atom stereocenters. The van der Waals surface area contributed by atoms with E-state index >= 15 is 0 Å². The molecule has 1 unspecified atom stereocenters. The molecule has 0 bridgehead atoms. The fourth-order valence-electron chi connectivity index (χ4n) is 2.85. The maximum Gasteiger partial charge on any atom is 0.138 e. The number of aromatic nitrogens is 3. The van der Waals surface area contributed by atoms with Crippen molar-refractivity contribution in [3.8, 4) is 0 Å². The van der Waals surface area contributed by atoms with Crippen molar-refractivity contribution in [1.82, 2.24) is 20.1 Å². The highest BCUT2D eigenvalue weighted by molar-refractivity contribution is 7.99. The van der Waals surface area contributed by atoms with Crippen LogP contribution in [0, 0.1) is 0 Å². The molecule has 4 nitrogen and oxygen atoms in total. The molecule has 0 aliphatic heterocycles. The molecule has 20 heavy (non-hydrogen) atoms. The number of nitrogens with one attached hydrogen (secondary N) is 1. The van der Waals surface area contributed by atoms with Crippen molar-refractivity contribution in [2.75, 3.05) is 12.3 Å². The Morgan fingerprint density at radius 1 is 1.40 bits per heavy atom. The maximum absolute atomic E-state index is 4.44. The van der Waals surface area contributed by atoms with Crippen LogP contribution in [-0.2, 0) is 13.0 Å². The molecule has 1 N–H and O–H groups in total. The van der Waals surface area contributed by atoms with Crippen LogP contribution in [-0.4, -0.2) is 38.4 Å². The summed E-state index contributed by atoms with van der Waals surface area (Å²) in [4.78, 5) is 4.44. The van der Waals surface area contributed by atoms with Gasteiger partial charge in [-0.3, -0.25) is 4.68 Å². The molecule has 1 heterocycles. The predicted octanol–water partition coefficient (Wildman–Crippen LogP) is 2.88. The quantitative estimate of drug-likeness (QED) is 0.761. The molecule has 0 radical (unpaired) electrons. The molecule has 0 spiro atoms. The Kier molecular flexibility index (Phi) is 6.87. The third kappa shape index (κ3) is 4.77. The van der Waals surface area contributed by atoms with E-state index in [0.717, 1.165) is 37.0 Å². The van der Waals surface area contributed by atoms with Crippen molar-refractivity contribution in [2.24, 2.45) is 0 Å². The van der Waals surface area contributed by atoms with Gasteiger partial charge in [0.2, 0.25) is 0 Å². The van der Waals surface area contributed by atoms with E-state index in [4.69, 9.17) is 0 Å². The van der Waals surface area contributed by atoms with Gasteiger partial charge in [0.25, 0.3) is 0 Å². The highest BCUT2D eigenvalue weighted by Gasteiger charge is 2.19. The van der Waals surface area contributed by atoms with E-state index < -0.39 is 0 Å². The second-order valence-corrected chi connectivity index (χ2v) is 6.93. The van der Waals surface area contributed by atoms with Crippen LogP contribution in [0.25, 0.3) is 0 Å². The van der Waals surface area contributed by atoms with E-state index in [-0.39, 0.29) is 0 Å². The lowest BCUT2D eigenvalue weighted by atomic mass is 10.2. The molecule has 1 aromatic rings. The van der Waals surface area contributed by atoms with Gasteiger partial charge in [-0.2, -0.15) is 16.9 Å². The van der Waals surface area contributed by atoms with Gasteiger partial charge in [0.1, 0.15) is 12.2 Å². The Bertz CT molecular complexity index is 374. The van der Waals surface area contributed by atoms with E-state index in [1.54, 1.807) is 6.33 Å². The van der Waals surface area contributed by atoms with E-state index in [1.807, 2.05) is 0 Å². The second kappa shape index (κ2) is 8.67. The van der Waals surface area contributed by atoms with Gasteiger partial charge in [-0.25, -0.2) is 4.98 Å². The van der Waals surface area contributed by atoms with Crippen molar-refractivity contribution in [1.29, 1.82) is 0 Å². The monoisotopic (exact) mass is 296 g/mol. The van der Waals surface area contributed by atoms with Crippen LogP contribution in [0.2, 0.25) is 0 Å². The molecule has 114 valence electrons. The third-order valence-corrected chi connectivity index (χ3v) is 5.43. The van der Waals surface area contributed by atoms with Crippen LogP contribution in [0.15, 0.2) is 6.33 Å². The minimum atomic E-state index is 0.519. The SMILES string of the molecule is CCCn1ncnc1CC(CSC1CCCC1)NCC. The Labute approximate surface area is 127 Å². The van der Waals surface area contributed by atoms with Gasteiger partial charge in [-0.1, -0.05) is 26.7 Å². The molecule has 5 heteroatoms. The Morgan fingerprint density at radius 2 is 2.20 bits per heavy atom. The zero-order chi connectivity index (χ0) is 14.2. The summed E-state index contributed by atoms with van der Waals surface area (Å²) in [5.41, 5.74) is 0. The molecule has 1 aromatic heterocycles. The zero-order valence-corrected chi connectivity index (χ0v) is 13.7. The van der Waals surface area contributed by atoms with Gasteiger partial charge in [0.05, 0.1) is 0 Å². The summed E-state index contributed by atoms with van der Waals surface area (Å²) in [5, 5.41) is 8.83. The molecule has 0 amide bonds. The van der Waals surface area contributed by atoms with Crippen LogP contribution in [0.4, 0.5) is 0 Å². The summed E-state index contributed by atoms with van der Waals surface area (Å²) in [7, 11) is 0. The summed E-state index contributed by atoms with van der Waals surface area (Å²) < 4.78 is 2.06. The highest BCUT2D eigenvalue weighted by atomic mass is 32.2. The van der Waals surface area contributed by atoms with Crippen molar-refractivity contribution in [3.63, 3.8) is 0 Å². The lowest BCUT2D eigenvalue weighted by Crippen LogP contribution is -2.34. The van der Waals surface area contributed by atoms with Crippen molar-refractivity contribution in [3.05, 3.63) is 12.2 Å². The predicted molar refractivity (Wildman–Crippen MR) is 86.2 cm³/mol. The van der Waals surface area contributed by atoms with E-state index in [9.17, 15) is 0 Å². The largest absolute Gasteiger partial charge is 0.313 e. The van der Waals surface area contributed by atoms with Gasteiger partial charge < -0.3 is 5.32 Å². The molecule has 1 aliphatic carbocycles. The molecule has 1 fully saturated rings. The van der Waals surface area contributed by atoms with Crippen molar-refractivity contribution >= 4 is 11.8 Å². The Balaban J connectivity index is 1.85. The first kappa shape index (κ1) is 15.8. The van der Waals surface area contributed by atoms with E-state index in [1.165, 1.54) is 31.4 Å². The first-order chi connectivity index (χ1) is 9.83. The lowest BCUT2D eigenvalue weighted by Gasteiger charge is -2.19. The first-order valence-electron chi connectivity index (χ1n) is 8.05. The molecule has 0 saturated heterocycles. The molecule has 1 aliphatic rings. The number of likely N-dealkylation sites (N-methyl/N-ethyl adjacent to an activating group) is 1. The van der Waals surface area contributed by atoms with Crippen LogP contribution >= 0.6 is 11.8 Å². The molecular weight excluding hydrogens is 268 g/mol. The molecule has 0 aromatic carbocycles. The molecular formula is C15H28N4S. The summed E-state index contributed by atoms with van der Waals surface area (Å²) in [6.45, 7) is 6.37. The number of nitrogens with zero attached hydrogens (tertiary/aromatic N) is 3. The normalized spacial score (nSPS) is 17.7. The van der Waals surface area contributed by atoms with Crippen LogP contribution < -0.4 is 5.32 Å². The van der Waals surface area contributed by atoms with Gasteiger partial charge >= 0.3 is 0 Å². The first-order valence-corrected chi connectivity index (χ1v) is 9.10. The van der Waals surface area contributed by atoms with Gasteiger partial charge in [-0.15, -0.1) is 0 Å². The molecule has 1 saturated carbocycles. The zero-order valence-electron chi connectivity index (χ0n) is 12.8. The van der Waals surface area contributed by atoms with Crippen LogP contribution in [0.1, 0.15) is 51.8 Å². The van der Waals surface area contributed by atoms with Crippen LogP contribution in [0.3, 0.4) is 0 Å². The standard InChI is InChI=1S/C15H28N4S/c1-3-9-19-15(17-12-18-19)10-13(16-4-2)11-20-14-7-5-6-8-14/h12-14,16H,3-11H2,1-2H3. The topological polar surface area (TPSA) is 42.7 Å². The summed E-state index contributed by atoms with van der Waals surface area (Å²) in [5.74, 6) is 2.32. The minimum Gasteiger partial charge on any atom is -0.313 e. The number of rotatable bonds is 9. The number of hydrogen-bond donors (Lipinski definition) is 1. The van der Waals surface area contributed by atoms with E-state index in [0.29, 0.717) is 6.04 Å². The van der Waals surface area contributed by atoms with Gasteiger partial charge in [0.15, 0.2) is 0 Å². The molecule has 2 rings (SSSR count). The van der Waals surface area contributed by atoms with Gasteiger partial charge in [0, 0.05) is 30.0 Å². The number of hydrogen-bond acceptors (Lipinski definition) is 4. The fraction of sp³-hybridized carbons (Fsp3) is 0.867. The number of thioether (sulfide) groups is 1. The minimum absolute atomic E-state index is 0.519. The van der Waals surface area contributed by atoms with Crippen LogP contribution in [0.5, 0.6) is 0 Å². The fourth-order valence-corrected chi connectivity index (χ4v) is 4.26. The summed E-state index contributed by atoms with van der Waals surface area (Å²) in [6, 6.07) is 0.519. The Morgan fingerprint density at radius 3 is 2.90 bits per heavy atom. The average molecular weight is 296 g/mol. The summed E-state index contributed by atoms with van der Waals surface area (Å²) in [6.07, 6.45) is 9.47. The second-order valence-electron chi connectivity index (χ2n) is 5.60. The third-order valence-electron chi connectivity index (χ3n) is 3.89. The van der Waals surface area contributed by atoms with Crippen molar-refractivity contribution < 1.29 is 0 Å². The van der Waals surface area contributed by atoms with E-state index in [2.05, 4.69) is 45.7 Å². The smallest absolute Gasteiger partial charge is 0.138 e. The number of aryl methyl sites for hydroxylation is 1.